The molecule has 26 heavy (non-hydrogen) atoms. The number of aromatic nitrogens is 3. The van der Waals surface area contributed by atoms with Crippen LogP contribution in [0, 0.1) is 6.92 Å². The summed E-state index contributed by atoms with van der Waals surface area (Å²) in [5.41, 5.74) is 6.70. The van der Waals surface area contributed by atoms with Gasteiger partial charge in [0.05, 0.1) is 11.4 Å². The molecule has 1 aliphatic rings. The molecule has 4 rings (SSSR count). The molecule has 130 valence electrons. The van der Waals surface area contributed by atoms with Crippen LogP contribution in [0.3, 0.4) is 0 Å². The summed E-state index contributed by atoms with van der Waals surface area (Å²) >= 11 is 0. The van der Waals surface area contributed by atoms with E-state index in [0.29, 0.717) is 5.82 Å². The van der Waals surface area contributed by atoms with Crippen molar-refractivity contribution in [3.8, 4) is 11.5 Å². The summed E-state index contributed by atoms with van der Waals surface area (Å²) in [6, 6.07) is 14.6. The molecule has 0 amide bonds. The summed E-state index contributed by atoms with van der Waals surface area (Å²) in [5, 5.41) is 0. The third-order valence-electron chi connectivity index (χ3n) is 4.71. The van der Waals surface area contributed by atoms with Gasteiger partial charge in [0, 0.05) is 37.0 Å². The number of pyridine rings is 1. The largest absolute Gasteiger partial charge is 0.367 e. The van der Waals surface area contributed by atoms with Crippen LogP contribution >= 0.6 is 0 Å². The zero-order chi connectivity index (χ0) is 17.9. The maximum atomic E-state index is 4.83. The third kappa shape index (κ3) is 3.23. The van der Waals surface area contributed by atoms with E-state index in [0.717, 1.165) is 36.6 Å². The van der Waals surface area contributed by atoms with Gasteiger partial charge in [0.2, 0.25) is 0 Å². The Labute approximate surface area is 154 Å². The summed E-state index contributed by atoms with van der Waals surface area (Å²) in [6.45, 7) is 5.94. The fourth-order valence-corrected chi connectivity index (χ4v) is 3.32. The van der Waals surface area contributed by atoms with Gasteiger partial charge in [-0.3, -0.25) is 4.98 Å². The van der Waals surface area contributed by atoms with E-state index in [-0.39, 0.29) is 0 Å². The van der Waals surface area contributed by atoms with Gasteiger partial charge in [-0.25, -0.2) is 9.97 Å². The second-order valence-corrected chi connectivity index (χ2v) is 6.58. The van der Waals surface area contributed by atoms with E-state index in [4.69, 9.17) is 9.97 Å². The number of hydrogen-bond acceptors (Lipinski definition) is 4. The first kappa shape index (κ1) is 16.5. The van der Waals surface area contributed by atoms with Crippen LogP contribution in [0.4, 0.5) is 5.69 Å². The fraction of sp³-hybridized carbons (Fsp3) is 0.227. The summed E-state index contributed by atoms with van der Waals surface area (Å²) in [6.07, 6.45) is 6.81. The van der Waals surface area contributed by atoms with Crippen molar-refractivity contribution < 1.29 is 0 Å². The van der Waals surface area contributed by atoms with Crippen molar-refractivity contribution in [1.82, 2.24) is 15.0 Å². The number of nitrogens with zero attached hydrogens (tertiary/aromatic N) is 4. The lowest BCUT2D eigenvalue weighted by molar-refractivity contribution is 0.704. The van der Waals surface area contributed by atoms with Crippen LogP contribution < -0.4 is 4.90 Å². The average molecular weight is 342 g/mol. The van der Waals surface area contributed by atoms with Crippen LogP contribution in [0.2, 0.25) is 0 Å². The minimum absolute atomic E-state index is 0.709. The van der Waals surface area contributed by atoms with Crippen molar-refractivity contribution in [2.24, 2.45) is 0 Å². The van der Waals surface area contributed by atoms with Crippen molar-refractivity contribution >= 4 is 11.8 Å². The van der Waals surface area contributed by atoms with Gasteiger partial charge in [-0.1, -0.05) is 29.8 Å². The lowest BCUT2D eigenvalue weighted by atomic mass is 10.0. The minimum Gasteiger partial charge on any atom is -0.367 e. The molecule has 3 heterocycles. The molecule has 3 aromatic rings. The SMILES string of the molecule is C/C=C/c1nc(-c2ccccn2)nc2c1CN(c1ccc(C)cc1)CC2. The monoisotopic (exact) mass is 342 g/mol. The molecule has 0 aliphatic carbocycles. The summed E-state index contributed by atoms with van der Waals surface area (Å²) in [4.78, 5) is 16.4. The summed E-state index contributed by atoms with van der Waals surface area (Å²) in [5.74, 6) is 0.709. The van der Waals surface area contributed by atoms with Gasteiger partial charge in [0.15, 0.2) is 5.82 Å². The predicted molar refractivity (Wildman–Crippen MR) is 106 cm³/mol. The topological polar surface area (TPSA) is 41.9 Å². The van der Waals surface area contributed by atoms with Crippen molar-refractivity contribution in [3.05, 3.63) is 77.3 Å². The standard InChI is InChI=1S/C22H22N4/c1-3-6-19-18-15-26(17-10-8-16(2)9-11-17)14-12-20(18)25-22(24-19)21-7-4-5-13-23-21/h3-11,13H,12,14-15H2,1-2H3/b6-3+. The Morgan fingerprint density at radius 3 is 2.62 bits per heavy atom. The van der Waals surface area contributed by atoms with E-state index >= 15 is 0 Å². The van der Waals surface area contributed by atoms with Gasteiger partial charge >= 0.3 is 0 Å². The molecule has 4 heteroatoms. The highest BCUT2D eigenvalue weighted by Gasteiger charge is 2.22. The predicted octanol–water partition coefficient (Wildman–Crippen LogP) is 4.44. The van der Waals surface area contributed by atoms with Crippen LogP contribution in [-0.2, 0) is 13.0 Å². The minimum atomic E-state index is 0.709. The van der Waals surface area contributed by atoms with Crippen LogP contribution in [0.5, 0.6) is 0 Å². The van der Waals surface area contributed by atoms with Crippen LogP contribution in [0.25, 0.3) is 17.6 Å². The normalized spacial score (nSPS) is 13.8. The molecule has 0 radical (unpaired) electrons. The highest BCUT2D eigenvalue weighted by atomic mass is 15.1. The average Bonchev–Trinajstić information content (AvgIpc) is 2.69. The Balaban J connectivity index is 1.73. The van der Waals surface area contributed by atoms with Crippen LogP contribution in [0.15, 0.2) is 54.7 Å². The number of allylic oxidation sites excluding steroid dienone is 1. The van der Waals surface area contributed by atoms with Gasteiger partial charge in [0.25, 0.3) is 0 Å². The molecular formula is C22H22N4. The lowest BCUT2D eigenvalue weighted by Crippen LogP contribution is -2.32. The Kier molecular flexibility index (Phi) is 4.48. The van der Waals surface area contributed by atoms with E-state index in [1.54, 1.807) is 6.20 Å². The molecule has 0 spiro atoms. The number of fused-ring (bicyclic) bond motifs is 1. The van der Waals surface area contributed by atoms with Crippen molar-refractivity contribution in [3.63, 3.8) is 0 Å². The van der Waals surface area contributed by atoms with E-state index in [1.165, 1.54) is 16.8 Å². The summed E-state index contributed by atoms with van der Waals surface area (Å²) < 4.78 is 0. The molecule has 1 aliphatic heterocycles. The van der Waals surface area contributed by atoms with E-state index in [9.17, 15) is 0 Å². The molecule has 0 unspecified atom stereocenters. The number of anilines is 1. The highest BCUT2D eigenvalue weighted by molar-refractivity contribution is 5.59. The number of benzene rings is 1. The molecule has 4 nitrogen and oxygen atoms in total. The van der Waals surface area contributed by atoms with Crippen molar-refractivity contribution in [1.29, 1.82) is 0 Å². The zero-order valence-corrected chi connectivity index (χ0v) is 15.2. The van der Waals surface area contributed by atoms with Crippen molar-refractivity contribution in [2.45, 2.75) is 26.8 Å². The highest BCUT2D eigenvalue weighted by Crippen LogP contribution is 2.28. The van der Waals surface area contributed by atoms with Gasteiger partial charge < -0.3 is 4.90 Å². The number of aryl methyl sites for hydroxylation is 1. The first-order valence-electron chi connectivity index (χ1n) is 9.00. The second kappa shape index (κ2) is 7.08. The number of rotatable bonds is 3. The number of hydrogen-bond donors (Lipinski definition) is 0. The lowest BCUT2D eigenvalue weighted by Gasteiger charge is -2.31. The second-order valence-electron chi connectivity index (χ2n) is 6.58. The van der Waals surface area contributed by atoms with E-state index in [1.807, 2.05) is 31.2 Å². The quantitative estimate of drug-likeness (QED) is 0.705. The van der Waals surface area contributed by atoms with Crippen LogP contribution in [0.1, 0.15) is 29.4 Å². The zero-order valence-electron chi connectivity index (χ0n) is 15.2. The Bertz CT molecular complexity index is 930. The van der Waals surface area contributed by atoms with Gasteiger partial charge in [-0.2, -0.15) is 0 Å². The fourth-order valence-electron chi connectivity index (χ4n) is 3.32. The molecule has 0 saturated carbocycles. The van der Waals surface area contributed by atoms with Gasteiger partial charge in [-0.05, 0) is 44.2 Å². The van der Waals surface area contributed by atoms with Gasteiger partial charge in [0.1, 0.15) is 5.69 Å². The van der Waals surface area contributed by atoms with Gasteiger partial charge in [-0.15, -0.1) is 0 Å². The Morgan fingerprint density at radius 1 is 1.04 bits per heavy atom. The maximum Gasteiger partial charge on any atom is 0.178 e. The molecule has 0 bridgehead atoms. The Morgan fingerprint density at radius 2 is 1.88 bits per heavy atom. The smallest absolute Gasteiger partial charge is 0.178 e. The van der Waals surface area contributed by atoms with Crippen LogP contribution in [-0.4, -0.2) is 21.5 Å². The molecule has 1 aromatic carbocycles. The third-order valence-corrected chi connectivity index (χ3v) is 4.71. The molecule has 0 fully saturated rings. The molecule has 2 aromatic heterocycles. The molecule has 0 atom stereocenters. The molecule has 0 saturated heterocycles. The van der Waals surface area contributed by atoms with E-state index < -0.39 is 0 Å². The van der Waals surface area contributed by atoms with E-state index in [2.05, 4.69) is 47.1 Å². The summed E-state index contributed by atoms with van der Waals surface area (Å²) in [7, 11) is 0. The maximum absolute atomic E-state index is 4.83. The first-order chi connectivity index (χ1) is 12.7. The molecular weight excluding hydrogens is 320 g/mol. The van der Waals surface area contributed by atoms with Crippen molar-refractivity contribution in [2.75, 3.05) is 11.4 Å². The Hall–Kier alpha value is -3.01. The first-order valence-corrected chi connectivity index (χ1v) is 9.00. The molecule has 0 N–H and O–H groups in total.